The minimum Gasteiger partial charge on any atom is -0.394 e. The van der Waals surface area contributed by atoms with Crippen LogP contribution < -0.4 is 0 Å². The van der Waals surface area contributed by atoms with E-state index in [1.165, 1.54) is 6.92 Å². The maximum absolute atomic E-state index is 9.21. The van der Waals surface area contributed by atoms with Crippen molar-refractivity contribution >= 4 is 0 Å². The number of hydrogen-bond acceptors (Lipinski definition) is 5. The van der Waals surface area contributed by atoms with E-state index < -0.39 is 37.4 Å². The van der Waals surface area contributed by atoms with Crippen LogP contribution >= 0.6 is 0 Å². The van der Waals surface area contributed by atoms with E-state index >= 15 is 0 Å². The first kappa shape index (κ1) is 11.8. The van der Waals surface area contributed by atoms with Crippen LogP contribution in [0, 0.1) is 5.92 Å². The summed E-state index contributed by atoms with van der Waals surface area (Å²) in [6.45, 7) is 0.435. The Morgan fingerprint density at radius 2 is 1.33 bits per heavy atom. The van der Waals surface area contributed by atoms with Crippen LogP contribution in [0.25, 0.3) is 0 Å². The molecule has 5 N–H and O–H groups in total. The Morgan fingerprint density at radius 1 is 0.917 bits per heavy atom. The zero-order valence-electron chi connectivity index (χ0n) is 6.96. The molecule has 0 saturated heterocycles. The van der Waals surface area contributed by atoms with Crippen molar-refractivity contribution in [3.05, 3.63) is 0 Å². The standard InChI is InChI=1S/C7H16O5/c1-4(5(10)2-8)7(12)6(11)3-9/h4-12H,2-3H2,1H3. The molecule has 0 fully saturated rings. The summed E-state index contributed by atoms with van der Waals surface area (Å²) in [4.78, 5) is 0. The van der Waals surface area contributed by atoms with E-state index in [2.05, 4.69) is 0 Å². The molecule has 0 aromatic carbocycles. The summed E-state index contributed by atoms with van der Waals surface area (Å²) in [5.41, 5.74) is 0. The fourth-order valence-corrected chi connectivity index (χ4v) is 0.852. The van der Waals surface area contributed by atoms with Crippen molar-refractivity contribution in [2.45, 2.75) is 25.2 Å². The Kier molecular flexibility index (Phi) is 5.36. The number of aliphatic hydroxyl groups excluding tert-OH is 5. The number of aliphatic hydroxyl groups is 5. The summed E-state index contributed by atoms with van der Waals surface area (Å²) in [5, 5.41) is 44.2. The summed E-state index contributed by atoms with van der Waals surface area (Å²) < 4.78 is 0. The molecule has 0 aromatic heterocycles. The first-order valence-corrected chi connectivity index (χ1v) is 3.80. The van der Waals surface area contributed by atoms with Crippen LogP contribution in [0.2, 0.25) is 0 Å². The molecule has 0 rings (SSSR count). The van der Waals surface area contributed by atoms with Crippen LogP contribution in [0.5, 0.6) is 0 Å². The topological polar surface area (TPSA) is 101 Å². The lowest BCUT2D eigenvalue weighted by Crippen LogP contribution is -2.41. The Labute approximate surface area is 70.9 Å². The molecule has 5 nitrogen and oxygen atoms in total. The quantitative estimate of drug-likeness (QED) is 0.327. The second kappa shape index (κ2) is 5.45. The predicted octanol–water partition coefficient (Wildman–Crippen LogP) is -2.31. The third kappa shape index (κ3) is 3.04. The molecular weight excluding hydrogens is 164 g/mol. The lowest BCUT2D eigenvalue weighted by molar-refractivity contribution is -0.0780. The third-order valence-electron chi connectivity index (χ3n) is 1.91. The van der Waals surface area contributed by atoms with Gasteiger partial charge < -0.3 is 25.5 Å². The largest absolute Gasteiger partial charge is 0.394 e. The molecular formula is C7H16O5. The highest BCUT2D eigenvalue weighted by molar-refractivity contribution is 4.77. The van der Waals surface area contributed by atoms with Gasteiger partial charge in [0.15, 0.2) is 0 Å². The zero-order valence-corrected chi connectivity index (χ0v) is 6.96. The van der Waals surface area contributed by atoms with Gasteiger partial charge in [0.05, 0.1) is 25.4 Å². The highest BCUT2D eigenvalue weighted by Crippen LogP contribution is 2.11. The Morgan fingerprint density at radius 3 is 1.67 bits per heavy atom. The van der Waals surface area contributed by atoms with Gasteiger partial charge in [-0.2, -0.15) is 0 Å². The average Bonchev–Trinajstić information content (AvgIpc) is 2.12. The Balaban J connectivity index is 3.99. The van der Waals surface area contributed by atoms with E-state index in [0.717, 1.165) is 0 Å². The predicted molar refractivity (Wildman–Crippen MR) is 41.4 cm³/mol. The van der Waals surface area contributed by atoms with Crippen molar-refractivity contribution in [1.82, 2.24) is 0 Å². The second-order valence-corrected chi connectivity index (χ2v) is 2.85. The normalized spacial score (nSPS) is 21.5. The van der Waals surface area contributed by atoms with Gasteiger partial charge in [0.2, 0.25) is 0 Å². The van der Waals surface area contributed by atoms with Gasteiger partial charge in [-0.1, -0.05) is 6.92 Å². The highest BCUT2D eigenvalue weighted by Gasteiger charge is 2.27. The molecule has 0 amide bonds. The van der Waals surface area contributed by atoms with Gasteiger partial charge in [-0.3, -0.25) is 0 Å². The molecule has 0 saturated carbocycles. The van der Waals surface area contributed by atoms with Crippen LogP contribution in [0.4, 0.5) is 0 Å². The van der Waals surface area contributed by atoms with Gasteiger partial charge in [0.1, 0.15) is 6.10 Å². The summed E-state index contributed by atoms with van der Waals surface area (Å²) in [7, 11) is 0. The van der Waals surface area contributed by atoms with Gasteiger partial charge in [0, 0.05) is 5.92 Å². The van der Waals surface area contributed by atoms with Crippen molar-refractivity contribution in [3.8, 4) is 0 Å². The maximum Gasteiger partial charge on any atom is 0.103 e. The molecule has 4 unspecified atom stereocenters. The summed E-state index contributed by atoms with van der Waals surface area (Å²) in [5.74, 6) is -0.669. The molecule has 12 heavy (non-hydrogen) atoms. The second-order valence-electron chi connectivity index (χ2n) is 2.85. The highest BCUT2D eigenvalue weighted by atomic mass is 16.4. The van der Waals surface area contributed by atoms with Crippen LogP contribution in [0.3, 0.4) is 0 Å². The van der Waals surface area contributed by atoms with E-state index in [4.69, 9.17) is 20.4 Å². The molecule has 0 heterocycles. The van der Waals surface area contributed by atoms with Crippen LogP contribution in [-0.2, 0) is 0 Å². The molecule has 0 radical (unpaired) electrons. The summed E-state index contributed by atoms with van der Waals surface area (Å²) >= 11 is 0. The smallest absolute Gasteiger partial charge is 0.103 e. The molecule has 0 aromatic rings. The summed E-state index contributed by atoms with van der Waals surface area (Å²) in [6, 6.07) is 0. The lowest BCUT2D eigenvalue weighted by atomic mass is 9.95. The van der Waals surface area contributed by atoms with Gasteiger partial charge in [-0.25, -0.2) is 0 Å². The molecule has 5 heteroatoms. The van der Waals surface area contributed by atoms with Gasteiger partial charge in [-0.05, 0) is 0 Å². The minimum absolute atomic E-state index is 0.476. The van der Waals surface area contributed by atoms with E-state index in [9.17, 15) is 5.11 Å². The number of hydrogen-bond donors (Lipinski definition) is 5. The van der Waals surface area contributed by atoms with Gasteiger partial charge in [0.25, 0.3) is 0 Å². The van der Waals surface area contributed by atoms with Gasteiger partial charge >= 0.3 is 0 Å². The van der Waals surface area contributed by atoms with Crippen molar-refractivity contribution in [1.29, 1.82) is 0 Å². The fraction of sp³-hybridized carbons (Fsp3) is 1.00. The van der Waals surface area contributed by atoms with Crippen molar-refractivity contribution in [2.24, 2.45) is 5.92 Å². The molecule has 0 spiro atoms. The molecule has 0 aliphatic rings. The maximum atomic E-state index is 9.21. The molecule has 74 valence electrons. The Bertz CT molecular complexity index is 104. The van der Waals surface area contributed by atoms with Gasteiger partial charge in [-0.15, -0.1) is 0 Å². The van der Waals surface area contributed by atoms with E-state index in [1.807, 2.05) is 0 Å². The average molecular weight is 180 g/mol. The zero-order chi connectivity index (χ0) is 9.72. The number of rotatable bonds is 5. The Hall–Kier alpha value is -0.200. The first-order valence-electron chi connectivity index (χ1n) is 3.80. The van der Waals surface area contributed by atoms with Crippen LogP contribution in [0.15, 0.2) is 0 Å². The third-order valence-corrected chi connectivity index (χ3v) is 1.91. The van der Waals surface area contributed by atoms with E-state index in [1.54, 1.807) is 0 Å². The van der Waals surface area contributed by atoms with Crippen molar-refractivity contribution in [2.75, 3.05) is 13.2 Å². The minimum atomic E-state index is -1.28. The van der Waals surface area contributed by atoms with Crippen molar-refractivity contribution in [3.63, 3.8) is 0 Å². The summed E-state index contributed by atoms with van der Waals surface area (Å²) in [6.07, 6.45) is -3.58. The monoisotopic (exact) mass is 180 g/mol. The van der Waals surface area contributed by atoms with Crippen molar-refractivity contribution < 1.29 is 25.5 Å². The van der Waals surface area contributed by atoms with E-state index in [0.29, 0.717) is 0 Å². The molecule has 0 aliphatic heterocycles. The molecule has 4 atom stereocenters. The SMILES string of the molecule is CC(C(O)CO)C(O)C(O)CO. The lowest BCUT2D eigenvalue weighted by Gasteiger charge is -2.25. The molecule has 0 aliphatic carbocycles. The van der Waals surface area contributed by atoms with Crippen LogP contribution in [0.1, 0.15) is 6.92 Å². The van der Waals surface area contributed by atoms with E-state index in [-0.39, 0.29) is 0 Å². The first-order chi connectivity index (χ1) is 5.54. The fourth-order valence-electron chi connectivity index (χ4n) is 0.852. The molecule has 0 bridgehead atoms. The van der Waals surface area contributed by atoms with Crippen LogP contribution in [-0.4, -0.2) is 57.1 Å².